The Labute approximate surface area is 150 Å². The summed E-state index contributed by atoms with van der Waals surface area (Å²) in [5.74, 6) is -0.772. The summed E-state index contributed by atoms with van der Waals surface area (Å²) in [4.78, 5) is 25.4. The van der Waals surface area contributed by atoms with Crippen molar-refractivity contribution in [2.45, 2.75) is 11.2 Å². The van der Waals surface area contributed by atoms with Crippen molar-refractivity contribution in [3.8, 4) is 0 Å². The molecule has 4 rings (SSSR count). The van der Waals surface area contributed by atoms with Crippen molar-refractivity contribution in [3.05, 3.63) is 47.8 Å². The number of thioether (sulfide) groups is 1. The van der Waals surface area contributed by atoms with Crippen LogP contribution in [0.2, 0.25) is 0 Å². The fraction of sp³-hybridized carbons (Fsp3) is 0.125. The maximum atomic E-state index is 12.3. The third-order valence-electron chi connectivity index (χ3n) is 4.00. The summed E-state index contributed by atoms with van der Waals surface area (Å²) in [7, 11) is 0. The molecule has 9 heteroatoms. The third-order valence-corrected chi connectivity index (χ3v) is 6.36. The van der Waals surface area contributed by atoms with Crippen LogP contribution in [0.3, 0.4) is 0 Å². The van der Waals surface area contributed by atoms with Crippen molar-refractivity contribution in [3.63, 3.8) is 0 Å². The van der Waals surface area contributed by atoms with Gasteiger partial charge in [-0.05, 0) is 18.6 Å². The highest BCUT2D eigenvalue weighted by Gasteiger charge is 2.46. The van der Waals surface area contributed by atoms with E-state index in [0.717, 1.165) is 9.61 Å². The number of aliphatic carboxylic acids is 1. The van der Waals surface area contributed by atoms with Crippen molar-refractivity contribution in [1.29, 1.82) is 0 Å². The second kappa shape index (κ2) is 5.71. The number of rotatable bonds is 3. The zero-order valence-electron chi connectivity index (χ0n) is 12.8. The number of carboxylic acids is 1. The van der Waals surface area contributed by atoms with Gasteiger partial charge in [0, 0.05) is 16.7 Å². The standard InChI is InChI=1S/C16H13N5O2S2/c17-14-19-7-5-9(20-14)10-4-6-16(25-10,13(22)23)8-2-1-3-11-12(8)21-15(18)24-11/h1-5,7H,6H2,(H2,18,21)(H,22,23)(H2,17,19,20). The molecule has 0 spiro atoms. The van der Waals surface area contributed by atoms with Crippen molar-refractivity contribution in [2.24, 2.45) is 0 Å². The molecule has 0 amide bonds. The van der Waals surface area contributed by atoms with E-state index in [-0.39, 0.29) is 5.95 Å². The van der Waals surface area contributed by atoms with Crippen LogP contribution >= 0.6 is 23.1 Å². The molecule has 1 atom stereocenters. The molecule has 0 saturated heterocycles. The fourth-order valence-corrected chi connectivity index (χ4v) is 4.93. The number of aromatic nitrogens is 3. The van der Waals surface area contributed by atoms with Gasteiger partial charge >= 0.3 is 5.97 Å². The fourth-order valence-electron chi connectivity index (χ4n) is 2.88. The van der Waals surface area contributed by atoms with Gasteiger partial charge in [0.25, 0.3) is 0 Å². The minimum absolute atomic E-state index is 0.154. The predicted octanol–water partition coefficient (Wildman–Crippen LogP) is 2.71. The van der Waals surface area contributed by atoms with Gasteiger partial charge in [0.05, 0.1) is 15.9 Å². The minimum Gasteiger partial charge on any atom is -0.480 e. The largest absolute Gasteiger partial charge is 0.480 e. The van der Waals surface area contributed by atoms with Gasteiger partial charge in [0.2, 0.25) is 5.95 Å². The van der Waals surface area contributed by atoms with Crippen molar-refractivity contribution in [1.82, 2.24) is 15.0 Å². The average molecular weight is 371 g/mol. The molecular formula is C16H13N5O2S2. The number of hydrogen-bond acceptors (Lipinski definition) is 8. The molecule has 25 heavy (non-hydrogen) atoms. The molecule has 126 valence electrons. The number of thiazole rings is 1. The molecule has 2 aromatic heterocycles. The molecular weight excluding hydrogens is 358 g/mol. The highest BCUT2D eigenvalue weighted by atomic mass is 32.2. The summed E-state index contributed by atoms with van der Waals surface area (Å²) in [5.41, 5.74) is 13.4. The van der Waals surface area contributed by atoms with Crippen LogP contribution in [0.15, 0.2) is 36.5 Å². The quantitative estimate of drug-likeness (QED) is 0.641. The van der Waals surface area contributed by atoms with Crippen LogP contribution in [0.4, 0.5) is 11.1 Å². The topological polar surface area (TPSA) is 128 Å². The number of nitrogens with zero attached hydrogens (tertiary/aromatic N) is 3. The van der Waals surface area contributed by atoms with E-state index in [0.29, 0.717) is 28.3 Å². The maximum absolute atomic E-state index is 12.3. The van der Waals surface area contributed by atoms with E-state index in [2.05, 4.69) is 15.0 Å². The summed E-state index contributed by atoms with van der Waals surface area (Å²) in [6, 6.07) is 7.24. The number of benzene rings is 1. The molecule has 0 fully saturated rings. The Bertz CT molecular complexity index is 1030. The van der Waals surface area contributed by atoms with E-state index in [1.165, 1.54) is 23.1 Å². The minimum atomic E-state index is -1.17. The van der Waals surface area contributed by atoms with Gasteiger partial charge in [0.15, 0.2) is 5.13 Å². The first-order valence-electron chi connectivity index (χ1n) is 7.36. The van der Waals surface area contributed by atoms with Crippen LogP contribution in [0.5, 0.6) is 0 Å². The first-order valence-corrected chi connectivity index (χ1v) is 9.00. The zero-order valence-corrected chi connectivity index (χ0v) is 14.5. The summed E-state index contributed by atoms with van der Waals surface area (Å²) in [5, 5.41) is 10.5. The molecule has 1 aliphatic rings. The molecule has 5 N–H and O–H groups in total. The Morgan fingerprint density at radius 3 is 2.84 bits per heavy atom. The molecule has 3 aromatic rings. The van der Waals surface area contributed by atoms with E-state index in [1.54, 1.807) is 18.3 Å². The second-order valence-electron chi connectivity index (χ2n) is 5.51. The zero-order chi connectivity index (χ0) is 17.6. The lowest BCUT2D eigenvalue weighted by Crippen LogP contribution is -2.30. The van der Waals surface area contributed by atoms with Crippen LogP contribution in [0.1, 0.15) is 17.7 Å². The normalized spacial score (nSPS) is 19.9. The first kappa shape index (κ1) is 15.9. The Morgan fingerprint density at radius 1 is 1.24 bits per heavy atom. The van der Waals surface area contributed by atoms with Gasteiger partial charge in [-0.2, -0.15) is 0 Å². The average Bonchev–Trinajstić information content (AvgIpc) is 3.18. The van der Waals surface area contributed by atoms with Crippen LogP contribution in [0, 0.1) is 0 Å². The molecule has 1 aromatic carbocycles. The molecule has 0 aliphatic carbocycles. The molecule has 0 bridgehead atoms. The van der Waals surface area contributed by atoms with Gasteiger partial charge in [-0.1, -0.05) is 29.5 Å². The number of carboxylic acid groups (broad SMARTS) is 1. The van der Waals surface area contributed by atoms with Gasteiger partial charge < -0.3 is 16.6 Å². The first-order chi connectivity index (χ1) is 12.0. The van der Waals surface area contributed by atoms with E-state index in [9.17, 15) is 9.90 Å². The van der Waals surface area contributed by atoms with Crippen LogP contribution in [0.25, 0.3) is 15.1 Å². The number of nitrogen functional groups attached to an aromatic ring is 2. The molecule has 1 aliphatic heterocycles. The number of fused-ring (bicyclic) bond motifs is 1. The number of hydrogen-bond donors (Lipinski definition) is 3. The number of nitrogens with two attached hydrogens (primary N) is 2. The number of allylic oxidation sites excluding steroid dienone is 1. The molecule has 1 unspecified atom stereocenters. The van der Waals surface area contributed by atoms with Gasteiger partial charge in [-0.15, -0.1) is 11.8 Å². The summed E-state index contributed by atoms with van der Waals surface area (Å²) >= 11 is 2.59. The highest BCUT2D eigenvalue weighted by molar-refractivity contribution is 8.10. The van der Waals surface area contributed by atoms with E-state index in [4.69, 9.17) is 11.5 Å². The smallest absolute Gasteiger partial charge is 0.325 e. The molecule has 7 nitrogen and oxygen atoms in total. The Kier molecular flexibility index (Phi) is 3.62. The van der Waals surface area contributed by atoms with Crippen LogP contribution in [-0.4, -0.2) is 26.0 Å². The van der Waals surface area contributed by atoms with Crippen molar-refractivity contribution in [2.75, 3.05) is 11.5 Å². The lowest BCUT2D eigenvalue weighted by atomic mass is 9.93. The molecule has 3 heterocycles. The number of anilines is 2. The van der Waals surface area contributed by atoms with Crippen molar-refractivity contribution >= 4 is 55.3 Å². The Hall–Kier alpha value is -2.65. The predicted molar refractivity (Wildman–Crippen MR) is 100.0 cm³/mol. The summed E-state index contributed by atoms with van der Waals surface area (Å²) in [6.07, 6.45) is 3.75. The van der Waals surface area contributed by atoms with Crippen LogP contribution < -0.4 is 11.5 Å². The third kappa shape index (κ3) is 2.52. The Balaban J connectivity index is 1.82. The van der Waals surface area contributed by atoms with Gasteiger partial charge in [-0.3, -0.25) is 4.79 Å². The van der Waals surface area contributed by atoms with E-state index in [1.807, 2.05) is 18.2 Å². The van der Waals surface area contributed by atoms with E-state index >= 15 is 0 Å². The number of carbonyl (C=O) groups is 1. The monoisotopic (exact) mass is 371 g/mol. The van der Waals surface area contributed by atoms with Gasteiger partial charge in [0.1, 0.15) is 4.75 Å². The second-order valence-corrected chi connectivity index (χ2v) is 7.91. The summed E-state index contributed by atoms with van der Waals surface area (Å²) in [6.45, 7) is 0. The number of para-hydroxylation sites is 1. The van der Waals surface area contributed by atoms with E-state index < -0.39 is 10.7 Å². The highest BCUT2D eigenvalue weighted by Crippen LogP contribution is 2.54. The van der Waals surface area contributed by atoms with Gasteiger partial charge in [-0.25, -0.2) is 15.0 Å². The lowest BCUT2D eigenvalue weighted by molar-refractivity contribution is -0.140. The SMILES string of the molecule is Nc1nccc(C2=CCC(C(=O)O)(c3cccc4sc(N)nc34)S2)n1. The lowest BCUT2D eigenvalue weighted by Gasteiger charge is -2.24. The van der Waals surface area contributed by atoms with Crippen LogP contribution in [-0.2, 0) is 9.54 Å². The molecule has 0 radical (unpaired) electrons. The van der Waals surface area contributed by atoms with Crippen molar-refractivity contribution < 1.29 is 9.90 Å². The molecule has 0 saturated carbocycles. The maximum Gasteiger partial charge on any atom is 0.325 e. The summed E-state index contributed by atoms with van der Waals surface area (Å²) < 4.78 is -0.300. The Morgan fingerprint density at radius 2 is 2.08 bits per heavy atom.